The van der Waals surface area contributed by atoms with Gasteiger partial charge in [-0.25, -0.2) is 9.97 Å². The molecule has 0 spiro atoms. The van der Waals surface area contributed by atoms with Crippen LogP contribution in [-0.2, 0) is 18.3 Å². The van der Waals surface area contributed by atoms with E-state index in [9.17, 15) is 4.79 Å². The highest BCUT2D eigenvalue weighted by atomic mass is 16.2. The van der Waals surface area contributed by atoms with Crippen molar-refractivity contribution in [3.05, 3.63) is 47.4 Å². The van der Waals surface area contributed by atoms with Gasteiger partial charge in [0.05, 0.1) is 23.1 Å². The fourth-order valence-electron chi connectivity index (χ4n) is 2.95. The molecule has 0 bridgehead atoms. The Labute approximate surface area is 148 Å². The van der Waals surface area contributed by atoms with Crippen LogP contribution in [0.25, 0.3) is 22.3 Å². The van der Waals surface area contributed by atoms with Crippen LogP contribution in [0.3, 0.4) is 0 Å². The molecular weight excluding hydrogens is 312 g/mol. The zero-order valence-corrected chi connectivity index (χ0v) is 15.5. The second-order valence-electron chi connectivity index (χ2n) is 6.71. The fraction of sp³-hybridized carbons (Fsp3) is 0.350. The van der Waals surface area contributed by atoms with Crippen LogP contribution in [0.5, 0.6) is 0 Å². The van der Waals surface area contributed by atoms with E-state index >= 15 is 0 Å². The average Bonchev–Trinajstić information content (AvgIpc) is 2.91. The number of benzene rings is 1. The Morgan fingerprint density at radius 1 is 1.20 bits per heavy atom. The third kappa shape index (κ3) is 3.40. The molecule has 0 saturated heterocycles. The molecule has 5 heteroatoms. The number of rotatable bonds is 4. The monoisotopic (exact) mass is 336 g/mol. The Bertz CT molecular complexity index is 940. The molecule has 25 heavy (non-hydrogen) atoms. The summed E-state index contributed by atoms with van der Waals surface area (Å²) in [5, 5.41) is 1.14. The predicted octanol–water partition coefficient (Wildman–Crippen LogP) is 3.27. The summed E-state index contributed by atoms with van der Waals surface area (Å²) < 4.78 is 2.05. The third-order valence-electron chi connectivity index (χ3n) is 4.69. The van der Waals surface area contributed by atoms with Crippen LogP contribution in [0.15, 0.2) is 30.5 Å². The third-order valence-corrected chi connectivity index (χ3v) is 4.69. The van der Waals surface area contributed by atoms with Crippen molar-refractivity contribution >= 4 is 16.8 Å². The molecule has 0 aliphatic heterocycles. The van der Waals surface area contributed by atoms with Gasteiger partial charge >= 0.3 is 0 Å². The number of imidazole rings is 1. The van der Waals surface area contributed by atoms with Crippen molar-refractivity contribution in [3.63, 3.8) is 0 Å². The Morgan fingerprint density at radius 2 is 1.96 bits per heavy atom. The van der Waals surface area contributed by atoms with Crippen LogP contribution in [0.1, 0.15) is 23.4 Å². The van der Waals surface area contributed by atoms with Gasteiger partial charge in [0.25, 0.3) is 0 Å². The van der Waals surface area contributed by atoms with Crippen molar-refractivity contribution in [1.82, 2.24) is 19.4 Å². The number of hydrogen-bond acceptors (Lipinski definition) is 3. The number of amides is 1. The van der Waals surface area contributed by atoms with E-state index in [1.807, 2.05) is 24.7 Å². The number of nitrogens with zero attached hydrogens (tertiary/aromatic N) is 4. The van der Waals surface area contributed by atoms with E-state index in [1.54, 1.807) is 19.0 Å². The van der Waals surface area contributed by atoms with E-state index in [0.29, 0.717) is 6.42 Å². The zero-order valence-electron chi connectivity index (χ0n) is 15.5. The Hall–Kier alpha value is -2.69. The lowest BCUT2D eigenvalue weighted by molar-refractivity contribution is -0.128. The van der Waals surface area contributed by atoms with Gasteiger partial charge in [-0.15, -0.1) is 0 Å². The first-order valence-electron chi connectivity index (χ1n) is 8.46. The first-order chi connectivity index (χ1) is 11.9. The maximum atomic E-state index is 11.8. The normalized spacial score (nSPS) is 11.1. The molecule has 2 heterocycles. The summed E-state index contributed by atoms with van der Waals surface area (Å²) in [6.07, 6.45) is 3.10. The summed E-state index contributed by atoms with van der Waals surface area (Å²) in [7, 11) is 5.58. The minimum Gasteiger partial charge on any atom is -0.349 e. The molecule has 3 rings (SSSR count). The molecule has 1 aromatic carbocycles. The Balaban J connectivity index is 1.98. The highest BCUT2D eigenvalue weighted by molar-refractivity contribution is 5.85. The molecule has 0 saturated carbocycles. The van der Waals surface area contributed by atoms with Crippen LogP contribution < -0.4 is 0 Å². The van der Waals surface area contributed by atoms with E-state index in [0.717, 1.165) is 40.1 Å². The Kier molecular flexibility index (Phi) is 4.57. The minimum atomic E-state index is 0.142. The van der Waals surface area contributed by atoms with Gasteiger partial charge in [0.1, 0.15) is 5.82 Å². The largest absolute Gasteiger partial charge is 0.349 e. The van der Waals surface area contributed by atoms with Crippen molar-refractivity contribution < 1.29 is 4.79 Å². The second kappa shape index (κ2) is 6.67. The first-order valence-corrected chi connectivity index (χ1v) is 8.46. The summed E-state index contributed by atoms with van der Waals surface area (Å²) in [5.74, 6) is 1.11. The molecule has 0 N–H and O–H groups in total. The summed E-state index contributed by atoms with van der Waals surface area (Å²) >= 11 is 0. The van der Waals surface area contributed by atoms with Crippen LogP contribution in [0.2, 0.25) is 0 Å². The quantitative estimate of drug-likeness (QED) is 0.735. The van der Waals surface area contributed by atoms with E-state index < -0.39 is 0 Å². The van der Waals surface area contributed by atoms with Gasteiger partial charge in [-0.3, -0.25) is 4.79 Å². The summed E-state index contributed by atoms with van der Waals surface area (Å²) in [6, 6.07) is 8.39. The molecule has 0 aliphatic rings. The molecule has 130 valence electrons. The molecule has 2 aromatic heterocycles. The highest BCUT2D eigenvalue weighted by Crippen LogP contribution is 2.25. The average molecular weight is 336 g/mol. The van der Waals surface area contributed by atoms with Gasteiger partial charge < -0.3 is 9.47 Å². The van der Waals surface area contributed by atoms with Crippen LogP contribution in [0.4, 0.5) is 0 Å². The molecule has 0 unspecified atom stereocenters. The number of aromatic nitrogens is 3. The standard InChI is InChI=1S/C20H24N4O/c1-13-10-18(19-12-21-14(2)24(19)5)22-17-11-15(6-8-16(13)17)7-9-20(25)23(3)4/h6,8,10-12H,7,9H2,1-5H3. The van der Waals surface area contributed by atoms with Crippen molar-refractivity contribution in [2.45, 2.75) is 26.7 Å². The summed E-state index contributed by atoms with van der Waals surface area (Å²) in [5.41, 5.74) is 5.22. The lowest BCUT2D eigenvalue weighted by atomic mass is 10.0. The summed E-state index contributed by atoms with van der Waals surface area (Å²) in [6.45, 7) is 4.09. The number of pyridine rings is 1. The Morgan fingerprint density at radius 3 is 2.60 bits per heavy atom. The van der Waals surface area contributed by atoms with E-state index in [2.05, 4.69) is 36.2 Å². The van der Waals surface area contributed by atoms with Gasteiger partial charge in [0, 0.05) is 33.0 Å². The lowest BCUT2D eigenvalue weighted by Gasteiger charge is -2.11. The highest BCUT2D eigenvalue weighted by Gasteiger charge is 2.11. The first kappa shape index (κ1) is 17.1. The van der Waals surface area contributed by atoms with Gasteiger partial charge in [0.15, 0.2) is 0 Å². The van der Waals surface area contributed by atoms with E-state index in [4.69, 9.17) is 4.98 Å². The van der Waals surface area contributed by atoms with Crippen LogP contribution in [-0.4, -0.2) is 39.4 Å². The van der Waals surface area contributed by atoms with Gasteiger partial charge in [-0.05, 0) is 43.5 Å². The number of carbonyl (C=O) groups is 1. The number of carbonyl (C=O) groups excluding carboxylic acids is 1. The van der Waals surface area contributed by atoms with Gasteiger partial charge in [-0.2, -0.15) is 0 Å². The molecule has 0 atom stereocenters. The van der Waals surface area contributed by atoms with E-state index in [1.165, 1.54) is 5.56 Å². The van der Waals surface area contributed by atoms with Crippen LogP contribution in [0, 0.1) is 13.8 Å². The minimum absolute atomic E-state index is 0.142. The maximum absolute atomic E-state index is 11.8. The van der Waals surface area contributed by atoms with Crippen LogP contribution >= 0.6 is 0 Å². The molecule has 3 aromatic rings. The van der Waals surface area contributed by atoms with E-state index in [-0.39, 0.29) is 5.91 Å². The van der Waals surface area contributed by atoms with Crippen molar-refractivity contribution in [1.29, 1.82) is 0 Å². The van der Waals surface area contributed by atoms with Crippen molar-refractivity contribution in [2.75, 3.05) is 14.1 Å². The summed E-state index contributed by atoms with van der Waals surface area (Å²) in [4.78, 5) is 22.7. The number of fused-ring (bicyclic) bond motifs is 1. The zero-order chi connectivity index (χ0) is 18.1. The number of hydrogen-bond donors (Lipinski definition) is 0. The maximum Gasteiger partial charge on any atom is 0.222 e. The predicted molar refractivity (Wildman–Crippen MR) is 100 cm³/mol. The molecular formula is C20H24N4O. The SMILES string of the molecule is Cc1cc(-c2cnc(C)n2C)nc2cc(CCC(=O)N(C)C)ccc12. The lowest BCUT2D eigenvalue weighted by Crippen LogP contribution is -2.21. The smallest absolute Gasteiger partial charge is 0.222 e. The van der Waals surface area contributed by atoms with Crippen molar-refractivity contribution in [2.24, 2.45) is 7.05 Å². The topological polar surface area (TPSA) is 51.0 Å². The fourth-order valence-corrected chi connectivity index (χ4v) is 2.95. The van der Waals surface area contributed by atoms with Gasteiger partial charge in [-0.1, -0.05) is 12.1 Å². The molecule has 1 amide bonds. The second-order valence-corrected chi connectivity index (χ2v) is 6.71. The molecule has 0 fully saturated rings. The molecule has 5 nitrogen and oxygen atoms in total. The van der Waals surface area contributed by atoms with Gasteiger partial charge in [0.2, 0.25) is 5.91 Å². The number of aryl methyl sites for hydroxylation is 3. The van der Waals surface area contributed by atoms with Crippen molar-refractivity contribution in [3.8, 4) is 11.4 Å². The molecule has 0 aliphatic carbocycles. The molecule has 0 radical (unpaired) electrons.